The van der Waals surface area contributed by atoms with Gasteiger partial charge in [-0.25, -0.2) is 8.42 Å². The number of carbonyl (C=O) groups excluding carboxylic acids is 1. The van der Waals surface area contributed by atoms with Crippen LogP contribution in [0.4, 0.5) is 0 Å². The van der Waals surface area contributed by atoms with Crippen molar-refractivity contribution in [2.24, 2.45) is 5.41 Å². The van der Waals surface area contributed by atoms with Gasteiger partial charge in [-0.2, -0.15) is 5.26 Å². The molecular weight excluding hydrogens is 326 g/mol. The van der Waals surface area contributed by atoms with E-state index in [-0.39, 0.29) is 12.4 Å². The van der Waals surface area contributed by atoms with Gasteiger partial charge in [0.1, 0.15) is 5.25 Å². The predicted octanol–water partition coefficient (Wildman–Crippen LogP) is 2.31. The molecule has 0 unspecified atom stereocenters. The van der Waals surface area contributed by atoms with Gasteiger partial charge in [-0.05, 0) is 24.6 Å². The fourth-order valence-electron chi connectivity index (χ4n) is 2.84. The lowest BCUT2D eigenvalue weighted by Gasteiger charge is -2.08. The van der Waals surface area contributed by atoms with Gasteiger partial charge < -0.3 is 4.74 Å². The average Bonchev–Trinajstić information content (AvgIpc) is 3.19. The van der Waals surface area contributed by atoms with Crippen LogP contribution in [0.25, 0.3) is 0 Å². The summed E-state index contributed by atoms with van der Waals surface area (Å²) in [7, 11) is -3.58. The third-order valence-electron chi connectivity index (χ3n) is 3.93. The maximum Gasteiger partial charge on any atom is 0.328 e. The molecular formula is C15H16ClNO4S. The van der Waals surface area contributed by atoms with Crippen LogP contribution < -0.4 is 0 Å². The standard InChI is InChI=1S/C15H16ClNO4S/c1-3-21-14(18)15(9-17)12(13(15)22(19,20)4-2)10-6-5-7-11(16)8-10/h5-8,12-13H,3-4H2,1-2H3/t12-,13-,15-/m0/s1. The Morgan fingerprint density at radius 1 is 1.45 bits per heavy atom. The van der Waals surface area contributed by atoms with Crippen molar-refractivity contribution in [3.05, 3.63) is 34.9 Å². The number of hydrogen-bond acceptors (Lipinski definition) is 5. The molecule has 2 rings (SSSR count). The molecule has 1 aliphatic carbocycles. The molecule has 1 aromatic carbocycles. The molecule has 0 N–H and O–H groups in total. The number of sulfone groups is 1. The van der Waals surface area contributed by atoms with Crippen LogP contribution in [0.15, 0.2) is 24.3 Å². The molecule has 0 aliphatic heterocycles. The van der Waals surface area contributed by atoms with E-state index in [0.29, 0.717) is 10.6 Å². The quantitative estimate of drug-likeness (QED) is 0.767. The van der Waals surface area contributed by atoms with E-state index in [1.54, 1.807) is 31.2 Å². The Morgan fingerprint density at radius 3 is 2.64 bits per heavy atom. The fraction of sp³-hybridized carbons (Fsp3) is 0.467. The first-order valence-corrected chi connectivity index (χ1v) is 9.00. The molecule has 1 aliphatic rings. The molecule has 1 fully saturated rings. The Kier molecular flexibility index (Phi) is 4.50. The van der Waals surface area contributed by atoms with Gasteiger partial charge in [-0.3, -0.25) is 4.79 Å². The molecule has 7 heteroatoms. The van der Waals surface area contributed by atoms with E-state index in [1.807, 2.05) is 6.07 Å². The Bertz CT molecular complexity index is 740. The van der Waals surface area contributed by atoms with Crippen molar-refractivity contribution in [3.63, 3.8) is 0 Å². The number of benzene rings is 1. The minimum absolute atomic E-state index is 0.0867. The summed E-state index contributed by atoms with van der Waals surface area (Å²) >= 11 is 5.94. The van der Waals surface area contributed by atoms with E-state index in [0.717, 1.165) is 0 Å². The molecule has 118 valence electrons. The highest BCUT2D eigenvalue weighted by Gasteiger charge is 2.77. The number of ether oxygens (including phenoxy) is 1. The summed E-state index contributed by atoms with van der Waals surface area (Å²) in [5.74, 6) is -1.68. The van der Waals surface area contributed by atoms with Crippen molar-refractivity contribution in [2.75, 3.05) is 12.4 Å². The van der Waals surface area contributed by atoms with Crippen molar-refractivity contribution in [3.8, 4) is 6.07 Å². The van der Waals surface area contributed by atoms with Crippen LogP contribution in [0.1, 0.15) is 25.3 Å². The molecule has 0 radical (unpaired) electrons. The van der Waals surface area contributed by atoms with Crippen LogP contribution in [0.2, 0.25) is 5.02 Å². The first kappa shape index (κ1) is 16.8. The Morgan fingerprint density at radius 2 is 2.14 bits per heavy atom. The highest BCUT2D eigenvalue weighted by molar-refractivity contribution is 7.92. The van der Waals surface area contributed by atoms with Crippen molar-refractivity contribution in [2.45, 2.75) is 25.0 Å². The van der Waals surface area contributed by atoms with Crippen molar-refractivity contribution in [1.29, 1.82) is 5.26 Å². The van der Waals surface area contributed by atoms with E-state index < -0.39 is 32.4 Å². The van der Waals surface area contributed by atoms with Crippen molar-refractivity contribution < 1.29 is 17.9 Å². The van der Waals surface area contributed by atoms with Gasteiger partial charge in [0, 0.05) is 16.7 Å². The van der Waals surface area contributed by atoms with Gasteiger partial charge in [-0.15, -0.1) is 0 Å². The minimum atomic E-state index is -3.58. The summed E-state index contributed by atoms with van der Waals surface area (Å²) < 4.78 is 29.6. The first-order chi connectivity index (χ1) is 10.3. The lowest BCUT2D eigenvalue weighted by atomic mass is 10.0. The minimum Gasteiger partial charge on any atom is -0.465 e. The number of nitriles is 1. The molecule has 3 atom stereocenters. The van der Waals surface area contributed by atoms with Crippen LogP contribution in [0, 0.1) is 16.7 Å². The second-order valence-electron chi connectivity index (χ2n) is 5.11. The molecule has 0 heterocycles. The van der Waals surface area contributed by atoms with Crippen LogP contribution in [0.3, 0.4) is 0 Å². The maximum atomic E-state index is 12.3. The van der Waals surface area contributed by atoms with Crippen LogP contribution in [0.5, 0.6) is 0 Å². The number of halogens is 1. The van der Waals surface area contributed by atoms with E-state index in [9.17, 15) is 18.5 Å². The van der Waals surface area contributed by atoms with Gasteiger partial charge in [0.15, 0.2) is 15.3 Å². The summed E-state index contributed by atoms with van der Waals surface area (Å²) in [6, 6.07) is 8.47. The summed E-state index contributed by atoms with van der Waals surface area (Å²) in [6.45, 7) is 3.20. The van der Waals surface area contributed by atoms with Gasteiger partial charge in [0.2, 0.25) is 0 Å². The summed E-state index contributed by atoms with van der Waals surface area (Å²) in [4.78, 5) is 12.3. The Balaban J connectivity index is 2.55. The SMILES string of the molecule is CCOC(=O)[C@@]1(C#N)[C@@H](c2cccc(Cl)c2)[C@@H]1S(=O)(=O)CC. The molecule has 5 nitrogen and oxygen atoms in total. The van der Waals surface area contributed by atoms with Gasteiger partial charge in [-0.1, -0.05) is 30.7 Å². The second-order valence-corrected chi connectivity index (χ2v) is 7.95. The first-order valence-electron chi connectivity index (χ1n) is 6.90. The summed E-state index contributed by atoms with van der Waals surface area (Å²) in [6.07, 6.45) is 0. The molecule has 0 aromatic heterocycles. The third-order valence-corrected chi connectivity index (χ3v) is 6.39. The third kappa shape index (κ3) is 2.49. The molecule has 0 bridgehead atoms. The zero-order chi connectivity index (χ0) is 16.5. The van der Waals surface area contributed by atoms with Crippen LogP contribution in [-0.4, -0.2) is 32.0 Å². The van der Waals surface area contributed by atoms with Gasteiger partial charge in [0.05, 0.1) is 12.7 Å². The number of hydrogen-bond donors (Lipinski definition) is 0. The Hall–Kier alpha value is -1.58. The highest BCUT2D eigenvalue weighted by atomic mass is 35.5. The fourth-order valence-corrected chi connectivity index (χ4v) is 4.96. The summed E-state index contributed by atoms with van der Waals surface area (Å²) in [5, 5.41) is 8.87. The summed E-state index contributed by atoms with van der Waals surface area (Å²) in [5.41, 5.74) is -1.13. The maximum absolute atomic E-state index is 12.3. The smallest absolute Gasteiger partial charge is 0.328 e. The number of rotatable bonds is 5. The lowest BCUT2D eigenvalue weighted by molar-refractivity contribution is -0.147. The second kappa shape index (κ2) is 5.90. The molecule has 1 aromatic rings. The molecule has 22 heavy (non-hydrogen) atoms. The Labute approximate surface area is 134 Å². The highest BCUT2D eigenvalue weighted by Crippen LogP contribution is 2.63. The van der Waals surface area contributed by atoms with Gasteiger partial charge in [0.25, 0.3) is 0 Å². The van der Waals surface area contributed by atoms with Crippen molar-refractivity contribution in [1.82, 2.24) is 0 Å². The molecule has 1 saturated carbocycles. The topological polar surface area (TPSA) is 84.2 Å². The van der Waals surface area contributed by atoms with E-state index in [4.69, 9.17) is 16.3 Å². The largest absolute Gasteiger partial charge is 0.465 e. The number of esters is 1. The van der Waals surface area contributed by atoms with Crippen LogP contribution >= 0.6 is 11.6 Å². The van der Waals surface area contributed by atoms with Crippen molar-refractivity contribution >= 4 is 27.4 Å². The normalized spacial score (nSPS) is 27.0. The van der Waals surface area contributed by atoms with Crippen LogP contribution in [-0.2, 0) is 19.4 Å². The lowest BCUT2D eigenvalue weighted by Crippen LogP contribution is -2.26. The van der Waals surface area contributed by atoms with E-state index in [2.05, 4.69) is 0 Å². The molecule has 0 spiro atoms. The zero-order valence-corrected chi connectivity index (χ0v) is 13.8. The monoisotopic (exact) mass is 341 g/mol. The molecule has 0 saturated heterocycles. The molecule has 0 amide bonds. The van der Waals surface area contributed by atoms with E-state index in [1.165, 1.54) is 6.92 Å². The van der Waals surface area contributed by atoms with Gasteiger partial charge >= 0.3 is 5.97 Å². The predicted molar refractivity (Wildman–Crippen MR) is 82.1 cm³/mol. The van der Waals surface area contributed by atoms with E-state index >= 15 is 0 Å². The number of nitrogens with zero attached hydrogens (tertiary/aromatic N) is 1. The average molecular weight is 342 g/mol. The zero-order valence-electron chi connectivity index (χ0n) is 12.2. The number of carbonyl (C=O) groups is 1.